The summed E-state index contributed by atoms with van der Waals surface area (Å²) < 4.78 is 1.96. The average molecular weight is 825 g/mol. The van der Waals surface area contributed by atoms with Gasteiger partial charge in [-0.3, -0.25) is 24.1 Å². The van der Waals surface area contributed by atoms with Gasteiger partial charge in [0.25, 0.3) is 17.7 Å². The molecule has 300 valence electrons. The van der Waals surface area contributed by atoms with E-state index >= 15 is 0 Å². The summed E-state index contributed by atoms with van der Waals surface area (Å²) in [5.74, 6) is -5.57. The largest absolute Gasteiger partial charge is 0.503 e. The molecule has 3 amide bonds. The Hall–Kier alpha value is -6.68. The number of aromatic nitrogens is 1. The molecule has 0 spiro atoms. The minimum atomic E-state index is -1.80. The predicted octanol–water partition coefficient (Wildman–Crippen LogP) is -0.591. The molecule has 5 heterocycles. The number of nitrogens with one attached hydrogen (secondary N) is 3. The first-order valence-electron chi connectivity index (χ1n) is 16.8. The number of fused-ring (bicyclic) bond motifs is 1. The molecule has 1 saturated heterocycles. The lowest BCUT2D eigenvalue weighted by molar-refractivity contribution is -0.442. The molecular weight excluding hydrogens is 787 g/mol. The highest BCUT2D eigenvalue weighted by atomic mass is 32.2. The van der Waals surface area contributed by atoms with E-state index in [1.165, 1.54) is 37.1 Å². The Morgan fingerprint density at radius 3 is 2.58 bits per heavy atom. The number of carboxylic acid groups (broad SMARTS) is 2. The van der Waals surface area contributed by atoms with Crippen LogP contribution in [0, 0.1) is 0 Å². The SMILES string of the molecule is CC(C)(O/N=C(\C(=O)N[C@@H]1C(=O)N2C(C(=O)O)=C(C[N+]3=C/C(N)=C(NCCNC(=O)c4cc(=O)c(O)cn4O)\C=C\C=C\3)CSC12)C1=CSC(N)=CC=C1)C(=O)O. The number of rotatable bonds is 14. The third kappa shape index (κ3) is 9.59. The van der Waals surface area contributed by atoms with Crippen LogP contribution < -0.4 is 32.8 Å². The summed E-state index contributed by atoms with van der Waals surface area (Å²) in [6.45, 7) is 2.72. The van der Waals surface area contributed by atoms with Gasteiger partial charge in [0.05, 0.1) is 16.9 Å². The van der Waals surface area contributed by atoms with E-state index in [0.29, 0.717) is 27.2 Å². The Kier molecular flexibility index (Phi) is 12.7. The molecule has 4 aliphatic rings. The van der Waals surface area contributed by atoms with Crippen molar-refractivity contribution in [3.8, 4) is 5.75 Å². The number of hydrogen-bond donors (Lipinski definition) is 9. The van der Waals surface area contributed by atoms with Gasteiger partial charge in [-0.05, 0) is 31.4 Å². The number of carbonyl (C=O) groups is 5. The lowest BCUT2D eigenvalue weighted by atomic mass is 10.0. The zero-order valence-corrected chi connectivity index (χ0v) is 31.9. The second kappa shape index (κ2) is 17.4. The van der Waals surface area contributed by atoms with Crippen molar-refractivity contribution in [2.45, 2.75) is 30.9 Å². The molecule has 0 aliphatic carbocycles. The number of aliphatic carboxylic acids is 2. The van der Waals surface area contributed by atoms with Crippen LogP contribution in [0.2, 0.25) is 0 Å². The molecule has 22 heteroatoms. The molecule has 0 radical (unpaired) electrons. The molecule has 0 aromatic carbocycles. The zero-order chi connectivity index (χ0) is 41.6. The summed E-state index contributed by atoms with van der Waals surface area (Å²) in [4.78, 5) is 81.8. The predicted molar refractivity (Wildman–Crippen MR) is 208 cm³/mol. The third-order valence-electron chi connectivity index (χ3n) is 8.37. The van der Waals surface area contributed by atoms with Gasteiger partial charge in [0.15, 0.2) is 30.4 Å². The lowest BCUT2D eigenvalue weighted by Crippen LogP contribution is -2.71. The summed E-state index contributed by atoms with van der Waals surface area (Å²) in [7, 11) is 0. The van der Waals surface area contributed by atoms with Crippen molar-refractivity contribution < 1.29 is 53.9 Å². The fourth-order valence-electron chi connectivity index (χ4n) is 5.36. The van der Waals surface area contributed by atoms with Gasteiger partial charge >= 0.3 is 11.9 Å². The van der Waals surface area contributed by atoms with E-state index in [1.807, 2.05) is 0 Å². The first-order chi connectivity index (χ1) is 27.0. The molecular formula is C35H38N9O11S2+. The summed E-state index contributed by atoms with van der Waals surface area (Å²) in [6, 6.07) is -0.358. The number of β-lactam (4-membered cyclic amide) rings is 1. The van der Waals surface area contributed by atoms with Gasteiger partial charge in [0.2, 0.25) is 11.0 Å². The standard InChI is InChI=1S/C35H37N9O11S2/c1-35(2,34(52)53)55-41-26(18-6-5-8-25(37)56-16-18)30(48)40-27-31(49)44-28(33(50)51)19(17-57-32(27)44)13-42-11-4-3-7-21(20(36)14-42)38-9-10-39-29(47)22-12-23(45)24(46)15-43(22)54/h3-8,11-12,14-16,27,32,54H,9-10,13,17,36-37H2,1-2H3,(H5,39,40,46,47,48,50,51,52,53)/p+1/b7-3+,11-4+,20-14?,41-26-/t27-,32?/m1/s1. The van der Waals surface area contributed by atoms with Gasteiger partial charge in [-0.2, -0.15) is 9.31 Å². The summed E-state index contributed by atoms with van der Waals surface area (Å²) in [6.07, 6.45) is 13.6. The van der Waals surface area contributed by atoms with Crippen LogP contribution in [0.5, 0.6) is 5.75 Å². The van der Waals surface area contributed by atoms with Crippen LogP contribution >= 0.6 is 23.5 Å². The Morgan fingerprint density at radius 2 is 1.86 bits per heavy atom. The number of carboxylic acids is 2. The molecule has 4 aliphatic heterocycles. The molecule has 57 heavy (non-hydrogen) atoms. The molecule has 0 saturated carbocycles. The molecule has 1 aromatic rings. The van der Waals surface area contributed by atoms with Crippen molar-refractivity contribution in [2.75, 3.05) is 25.4 Å². The van der Waals surface area contributed by atoms with Gasteiger partial charge in [-0.15, -0.1) is 11.8 Å². The number of amides is 3. The highest BCUT2D eigenvalue weighted by Gasteiger charge is 2.55. The van der Waals surface area contributed by atoms with E-state index in [1.54, 1.807) is 47.4 Å². The van der Waals surface area contributed by atoms with Crippen molar-refractivity contribution in [3.63, 3.8) is 0 Å². The first-order valence-corrected chi connectivity index (χ1v) is 18.7. The number of nitrogens with two attached hydrogens (primary N) is 2. The van der Waals surface area contributed by atoms with E-state index < -0.39 is 57.9 Å². The number of aromatic hydroxyl groups is 1. The summed E-state index contributed by atoms with van der Waals surface area (Å²) >= 11 is 2.31. The van der Waals surface area contributed by atoms with Crippen LogP contribution in [0.1, 0.15) is 24.3 Å². The number of oxime groups is 1. The van der Waals surface area contributed by atoms with Crippen LogP contribution in [0.25, 0.3) is 0 Å². The number of carbonyl (C=O) groups excluding carboxylic acids is 3. The second-order valence-electron chi connectivity index (χ2n) is 12.9. The third-order valence-corrected chi connectivity index (χ3v) is 10.5. The minimum absolute atomic E-state index is 0.0227. The first kappa shape index (κ1) is 41.5. The maximum absolute atomic E-state index is 13.6. The Morgan fingerprint density at radius 1 is 1.11 bits per heavy atom. The molecule has 5 rings (SSSR count). The minimum Gasteiger partial charge on any atom is -0.503 e. The van der Waals surface area contributed by atoms with Crippen molar-refractivity contribution in [1.29, 1.82) is 0 Å². The second-order valence-corrected chi connectivity index (χ2v) is 14.9. The Bertz CT molecular complexity index is 2250. The van der Waals surface area contributed by atoms with E-state index in [4.69, 9.17) is 16.3 Å². The molecule has 0 bridgehead atoms. The molecule has 1 aromatic heterocycles. The fourth-order valence-corrected chi connectivity index (χ4v) is 7.30. The van der Waals surface area contributed by atoms with Crippen LogP contribution in [0.15, 0.2) is 104 Å². The Balaban J connectivity index is 1.27. The van der Waals surface area contributed by atoms with Crippen molar-refractivity contribution >= 4 is 65.1 Å². The van der Waals surface area contributed by atoms with Crippen LogP contribution in [-0.4, -0.2) is 119 Å². The van der Waals surface area contributed by atoms with Crippen LogP contribution in [-0.2, 0) is 24.0 Å². The van der Waals surface area contributed by atoms with E-state index in [0.717, 1.165) is 22.7 Å². The summed E-state index contributed by atoms with van der Waals surface area (Å²) in [5.41, 5.74) is 9.95. The number of nitrogens with zero attached hydrogens (tertiary/aromatic N) is 4. The van der Waals surface area contributed by atoms with E-state index in [-0.39, 0.29) is 53.8 Å². The number of hydrogen-bond acceptors (Lipinski definition) is 15. The average Bonchev–Trinajstić information content (AvgIpc) is 3.37. The summed E-state index contributed by atoms with van der Waals surface area (Å²) in [5, 5.41) is 52.2. The maximum Gasteiger partial charge on any atom is 0.352 e. The zero-order valence-electron chi connectivity index (χ0n) is 30.2. The molecule has 11 N–H and O–H groups in total. The van der Waals surface area contributed by atoms with Gasteiger partial charge in [-0.25, -0.2) is 9.59 Å². The number of allylic oxidation sites excluding steroid dienone is 7. The maximum atomic E-state index is 13.6. The van der Waals surface area contributed by atoms with Gasteiger partial charge in [0.1, 0.15) is 28.5 Å². The van der Waals surface area contributed by atoms with Crippen LogP contribution in [0.4, 0.5) is 0 Å². The van der Waals surface area contributed by atoms with Gasteiger partial charge in [-0.1, -0.05) is 35.1 Å². The molecule has 20 nitrogen and oxygen atoms in total. The van der Waals surface area contributed by atoms with Crippen LogP contribution in [0.3, 0.4) is 0 Å². The number of thioether (sulfide) groups is 2. The fraction of sp³-hybridized carbons (Fsp3) is 0.257. The molecule has 2 atom stereocenters. The molecule has 1 unspecified atom stereocenters. The quantitative estimate of drug-likeness (QED) is 0.0283. The topological polar surface area (TPSA) is 304 Å². The lowest BCUT2D eigenvalue weighted by Gasteiger charge is -2.49. The molecule has 1 fully saturated rings. The number of pyridine rings is 1. The van der Waals surface area contributed by atoms with Crippen molar-refractivity contribution in [3.05, 3.63) is 110 Å². The Labute approximate surface area is 331 Å². The van der Waals surface area contributed by atoms with Gasteiger partial charge < -0.3 is 52.8 Å². The normalized spacial score (nSPS) is 22.8. The van der Waals surface area contributed by atoms with Gasteiger partial charge in [0, 0.05) is 42.1 Å². The highest BCUT2D eigenvalue weighted by molar-refractivity contribution is 8.05. The van der Waals surface area contributed by atoms with Crippen molar-refractivity contribution in [1.82, 2.24) is 25.6 Å². The highest BCUT2D eigenvalue weighted by Crippen LogP contribution is 2.40. The van der Waals surface area contributed by atoms with Crippen molar-refractivity contribution in [2.24, 2.45) is 16.6 Å². The monoisotopic (exact) mass is 824 g/mol. The van der Waals surface area contributed by atoms with E-state index in [2.05, 4.69) is 21.1 Å². The van der Waals surface area contributed by atoms with E-state index in [9.17, 15) is 49.3 Å². The smallest absolute Gasteiger partial charge is 0.352 e.